The molecule has 1 atom stereocenters. The fourth-order valence-electron chi connectivity index (χ4n) is 1.81. The van der Waals surface area contributed by atoms with Gasteiger partial charge >= 0.3 is 5.97 Å². The van der Waals surface area contributed by atoms with Crippen LogP contribution in [-0.2, 0) is 9.53 Å². The second kappa shape index (κ2) is 5.01. The Bertz CT molecular complexity index is 633. The first-order valence-electron chi connectivity index (χ1n) is 5.79. The van der Waals surface area contributed by atoms with E-state index in [0.717, 1.165) is 5.39 Å². The highest BCUT2D eigenvalue weighted by Crippen LogP contribution is 2.21. The molecule has 1 aromatic carbocycles. The van der Waals surface area contributed by atoms with E-state index in [1.807, 2.05) is 12.1 Å². The molecule has 0 saturated carbocycles. The number of rotatable bonds is 3. The molecule has 1 heterocycles. The number of amides is 1. The fraction of sp³-hybridized carbons (Fsp3) is 0.231. The monoisotopic (exact) mass is 261 g/mol. The molecular formula is C13H15N3O3. The van der Waals surface area contributed by atoms with Gasteiger partial charge < -0.3 is 20.8 Å². The number of nitrogens with one attached hydrogen (secondary N) is 2. The highest BCUT2D eigenvalue weighted by atomic mass is 16.5. The van der Waals surface area contributed by atoms with E-state index in [1.54, 1.807) is 19.1 Å². The van der Waals surface area contributed by atoms with Crippen LogP contribution in [0, 0.1) is 0 Å². The predicted molar refractivity (Wildman–Crippen MR) is 71.7 cm³/mol. The van der Waals surface area contributed by atoms with Crippen molar-refractivity contribution in [2.45, 2.75) is 13.0 Å². The lowest BCUT2D eigenvalue weighted by Gasteiger charge is -2.10. The summed E-state index contributed by atoms with van der Waals surface area (Å²) in [6, 6.07) is 6.39. The van der Waals surface area contributed by atoms with Crippen molar-refractivity contribution in [2.75, 3.05) is 12.8 Å². The molecule has 6 heteroatoms. The highest BCUT2D eigenvalue weighted by Gasteiger charge is 2.18. The summed E-state index contributed by atoms with van der Waals surface area (Å²) in [5.74, 6) is -0.877. The van der Waals surface area contributed by atoms with E-state index in [0.29, 0.717) is 16.9 Å². The Morgan fingerprint density at radius 2 is 2.16 bits per heavy atom. The summed E-state index contributed by atoms with van der Waals surface area (Å²) in [6.07, 6.45) is 0. The lowest BCUT2D eigenvalue weighted by Crippen LogP contribution is -2.39. The molecule has 0 bridgehead atoms. The van der Waals surface area contributed by atoms with Crippen LogP contribution in [0.1, 0.15) is 17.4 Å². The van der Waals surface area contributed by atoms with Crippen molar-refractivity contribution in [3.8, 4) is 0 Å². The van der Waals surface area contributed by atoms with Gasteiger partial charge in [-0.15, -0.1) is 0 Å². The minimum atomic E-state index is -0.707. The van der Waals surface area contributed by atoms with Crippen LogP contribution in [0.25, 0.3) is 10.9 Å². The number of para-hydroxylation sites is 1. The van der Waals surface area contributed by atoms with Crippen molar-refractivity contribution in [2.24, 2.45) is 0 Å². The van der Waals surface area contributed by atoms with E-state index in [2.05, 4.69) is 15.0 Å². The molecule has 2 aromatic rings. The normalized spacial score (nSPS) is 12.1. The number of nitrogen functional groups attached to an aromatic ring is 1. The molecule has 0 radical (unpaired) electrons. The first-order chi connectivity index (χ1) is 9.02. The number of aromatic nitrogens is 1. The van der Waals surface area contributed by atoms with Gasteiger partial charge in [-0.05, 0) is 19.1 Å². The Labute approximate surface area is 109 Å². The zero-order chi connectivity index (χ0) is 14.0. The topological polar surface area (TPSA) is 97.2 Å². The van der Waals surface area contributed by atoms with Gasteiger partial charge in [0.25, 0.3) is 5.91 Å². The second-order valence-electron chi connectivity index (χ2n) is 4.21. The largest absolute Gasteiger partial charge is 0.467 e. The minimum absolute atomic E-state index is 0.351. The van der Waals surface area contributed by atoms with Crippen molar-refractivity contribution in [1.29, 1.82) is 0 Å². The number of carbonyl (C=O) groups excluding carboxylic acids is 2. The molecule has 6 nitrogen and oxygen atoms in total. The summed E-state index contributed by atoms with van der Waals surface area (Å²) >= 11 is 0. The summed E-state index contributed by atoms with van der Waals surface area (Å²) in [5, 5.41) is 3.39. The molecule has 0 saturated heterocycles. The lowest BCUT2D eigenvalue weighted by atomic mass is 10.2. The van der Waals surface area contributed by atoms with Crippen LogP contribution in [0.4, 0.5) is 5.69 Å². The van der Waals surface area contributed by atoms with Crippen LogP contribution < -0.4 is 11.1 Å². The van der Waals surface area contributed by atoms with Gasteiger partial charge in [0, 0.05) is 5.39 Å². The predicted octanol–water partition coefficient (Wildman–Crippen LogP) is 1.04. The number of carbonyl (C=O) groups is 2. The van der Waals surface area contributed by atoms with Gasteiger partial charge in [0.1, 0.15) is 11.7 Å². The molecule has 0 aliphatic carbocycles. The van der Waals surface area contributed by atoms with Gasteiger partial charge in [-0.25, -0.2) is 4.79 Å². The average molecular weight is 261 g/mol. The van der Waals surface area contributed by atoms with Crippen LogP contribution in [0.5, 0.6) is 0 Å². The van der Waals surface area contributed by atoms with E-state index in [1.165, 1.54) is 7.11 Å². The number of hydrogen-bond donors (Lipinski definition) is 3. The van der Waals surface area contributed by atoms with E-state index in [4.69, 9.17) is 5.73 Å². The van der Waals surface area contributed by atoms with E-state index >= 15 is 0 Å². The van der Waals surface area contributed by atoms with Crippen molar-refractivity contribution < 1.29 is 14.3 Å². The summed E-state index contributed by atoms with van der Waals surface area (Å²) in [4.78, 5) is 26.1. The third kappa shape index (κ3) is 2.52. The molecule has 0 aliphatic rings. The van der Waals surface area contributed by atoms with Crippen molar-refractivity contribution >= 4 is 28.5 Å². The first kappa shape index (κ1) is 12.9. The van der Waals surface area contributed by atoms with Crippen LogP contribution in [0.15, 0.2) is 24.3 Å². The van der Waals surface area contributed by atoms with Gasteiger partial charge in [0.15, 0.2) is 0 Å². The van der Waals surface area contributed by atoms with Crippen molar-refractivity contribution in [3.63, 3.8) is 0 Å². The molecular weight excluding hydrogens is 246 g/mol. The molecule has 19 heavy (non-hydrogen) atoms. The number of hydrogen-bond acceptors (Lipinski definition) is 4. The Kier molecular flexibility index (Phi) is 3.41. The molecule has 4 N–H and O–H groups in total. The average Bonchev–Trinajstić information content (AvgIpc) is 2.83. The zero-order valence-electron chi connectivity index (χ0n) is 10.7. The van der Waals surface area contributed by atoms with Gasteiger partial charge in [0.2, 0.25) is 0 Å². The number of fused-ring (bicyclic) bond motifs is 1. The third-order valence-electron chi connectivity index (χ3n) is 2.84. The standard InChI is InChI=1S/C13H15N3O3/c1-7(13(18)19-2)15-12(17)10-6-8-4-3-5-9(14)11(8)16-10/h3-7,16H,14H2,1-2H3,(H,15,17). The van der Waals surface area contributed by atoms with E-state index in [-0.39, 0.29) is 5.91 Å². The molecule has 0 aliphatic heterocycles. The number of anilines is 1. The van der Waals surface area contributed by atoms with Gasteiger partial charge in [-0.3, -0.25) is 4.79 Å². The number of esters is 1. The molecule has 2 rings (SSSR count). The Balaban J connectivity index is 2.22. The van der Waals surface area contributed by atoms with E-state index < -0.39 is 12.0 Å². The SMILES string of the molecule is COC(=O)C(C)NC(=O)c1cc2cccc(N)c2[nH]1. The molecule has 1 unspecified atom stereocenters. The molecule has 0 fully saturated rings. The molecule has 100 valence electrons. The quantitative estimate of drug-likeness (QED) is 0.568. The van der Waals surface area contributed by atoms with Crippen LogP contribution in [0.2, 0.25) is 0 Å². The third-order valence-corrected chi connectivity index (χ3v) is 2.84. The number of nitrogens with two attached hydrogens (primary N) is 1. The minimum Gasteiger partial charge on any atom is -0.467 e. The van der Waals surface area contributed by atoms with Crippen LogP contribution in [-0.4, -0.2) is 30.0 Å². The summed E-state index contributed by atoms with van der Waals surface area (Å²) in [5.41, 5.74) is 7.43. The molecule has 0 spiro atoms. The number of methoxy groups -OCH3 is 1. The summed E-state index contributed by atoms with van der Waals surface area (Å²) in [7, 11) is 1.27. The Morgan fingerprint density at radius 3 is 2.79 bits per heavy atom. The number of benzene rings is 1. The summed E-state index contributed by atoms with van der Waals surface area (Å²) in [6.45, 7) is 1.56. The fourth-order valence-corrected chi connectivity index (χ4v) is 1.81. The maximum absolute atomic E-state index is 12.0. The number of H-pyrrole nitrogens is 1. The van der Waals surface area contributed by atoms with Gasteiger partial charge in [-0.1, -0.05) is 12.1 Å². The maximum Gasteiger partial charge on any atom is 0.328 e. The van der Waals surface area contributed by atoms with Gasteiger partial charge in [-0.2, -0.15) is 0 Å². The molecule has 1 amide bonds. The number of aromatic amines is 1. The lowest BCUT2D eigenvalue weighted by molar-refractivity contribution is -0.142. The Morgan fingerprint density at radius 1 is 1.42 bits per heavy atom. The smallest absolute Gasteiger partial charge is 0.328 e. The Hall–Kier alpha value is -2.50. The zero-order valence-corrected chi connectivity index (χ0v) is 10.7. The maximum atomic E-state index is 12.0. The van der Waals surface area contributed by atoms with Crippen LogP contribution >= 0.6 is 0 Å². The van der Waals surface area contributed by atoms with Gasteiger partial charge in [0.05, 0.1) is 18.3 Å². The summed E-state index contributed by atoms with van der Waals surface area (Å²) < 4.78 is 4.54. The van der Waals surface area contributed by atoms with Crippen molar-refractivity contribution in [3.05, 3.63) is 30.0 Å². The van der Waals surface area contributed by atoms with Crippen LogP contribution in [0.3, 0.4) is 0 Å². The van der Waals surface area contributed by atoms with Crippen molar-refractivity contribution in [1.82, 2.24) is 10.3 Å². The highest BCUT2D eigenvalue weighted by molar-refractivity contribution is 6.01. The number of ether oxygens (including phenoxy) is 1. The molecule has 1 aromatic heterocycles. The van der Waals surface area contributed by atoms with E-state index in [9.17, 15) is 9.59 Å². The first-order valence-corrected chi connectivity index (χ1v) is 5.79. The second-order valence-corrected chi connectivity index (χ2v) is 4.21.